The monoisotopic (exact) mass is 255 g/mol. The van der Waals surface area contributed by atoms with Crippen LogP contribution in [-0.2, 0) is 9.59 Å². The van der Waals surface area contributed by atoms with E-state index in [2.05, 4.69) is 12.2 Å². The molecule has 1 aliphatic rings. The molecule has 1 rings (SSSR count). The van der Waals surface area contributed by atoms with E-state index in [9.17, 15) is 9.59 Å². The quantitative estimate of drug-likeness (QED) is 0.750. The van der Waals surface area contributed by atoms with Gasteiger partial charge in [-0.15, -0.1) is 0 Å². The van der Waals surface area contributed by atoms with E-state index in [0.717, 1.165) is 25.8 Å². The first-order valence-corrected chi connectivity index (χ1v) is 6.84. The van der Waals surface area contributed by atoms with Crippen LogP contribution in [-0.4, -0.2) is 42.4 Å². The lowest BCUT2D eigenvalue weighted by atomic mass is 9.92. The Morgan fingerprint density at radius 1 is 1.44 bits per heavy atom. The van der Waals surface area contributed by atoms with Crippen molar-refractivity contribution in [3.8, 4) is 0 Å². The largest absolute Gasteiger partial charge is 0.347 e. The molecule has 1 heterocycles. The number of hydrogen-bond donors (Lipinski definition) is 2. The van der Waals surface area contributed by atoms with Gasteiger partial charge in [0.25, 0.3) is 0 Å². The second kappa shape index (κ2) is 7.36. The summed E-state index contributed by atoms with van der Waals surface area (Å²) in [4.78, 5) is 25.2. The van der Waals surface area contributed by atoms with Crippen molar-refractivity contribution >= 4 is 11.8 Å². The highest BCUT2D eigenvalue weighted by molar-refractivity contribution is 5.84. The Kier molecular flexibility index (Phi) is 6.12. The van der Waals surface area contributed by atoms with E-state index in [0.29, 0.717) is 18.9 Å². The van der Waals surface area contributed by atoms with E-state index in [1.807, 2.05) is 11.8 Å². The number of piperidine rings is 1. The highest BCUT2D eigenvalue weighted by Crippen LogP contribution is 2.21. The third-order valence-corrected chi connectivity index (χ3v) is 3.48. The van der Waals surface area contributed by atoms with Crippen LogP contribution in [0, 0.1) is 5.92 Å². The first kappa shape index (κ1) is 15.0. The van der Waals surface area contributed by atoms with Gasteiger partial charge in [0.1, 0.15) is 0 Å². The molecule has 0 aromatic carbocycles. The molecule has 104 valence electrons. The molecular formula is C13H25N3O2. The highest BCUT2D eigenvalue weighted by Gasteiger charge is 2.28. The molecule has 5 heteroatoms. The maximum Gasteiger partial charge on any atom is 0.242 e. The second-order valence-corrected chi connectivity index (χ2v) is 5.13. The van der Waals surface area contributed by atoms with Gasteiger partial charge in [-0.2, -0.15) is 0 Å². The van der Waals surface area contributed by atoms with E-state index in [4.69, 9.17) is 5.73 Å². The van der Waals surface area contributed by atoms with Crippen molar-refractivity contribution in [3.05, 3.63) is 0 Å². The van der Waals surface area contributed by atoms with Gasteiger partial charge >= 0.3 is 0 Å². The summed E-state index contributed by atoms with van der Waals surface area (Å²) in [7, 11) is 0. The fourth-order valence-electron chi connectivity index (χ4n) is 2.39. The molecule has 0 aromatic heterocycles. The minimum absolute atomic E-state index is 0.0122. The molecule has 0 radical (unpaired) electrons. The first-order chi connectivity index (χ1) is 8.58. The summed E-state index contributed by atoms with van der Waals surface area (Å²) in [6, 6.07) is 0.129. The van der Waals surface area contributed by atoms with Crippen LogP contribution in [0.25, 0.3) is 0 Å². The van der Waals surface area contributed by atoms with Crippen LogP contribution in [0.4, 0.5) is 0 Å². The number of hydrogen-bond acceptors (Lipinski definition) is 3. The van der Waals surface area contributed by atoms with Crippen molar-refractivity contribution < 1.29 is 9.59 Å². The zero-order valence-electron chi connectivity index (χ0n) is 11.4. The number of nitrogens with two attached hydrogens (primary N) is 1. The van der Waals surface area contributed by atoms with Crippen molar-refractivity contribution in [1.29, 1.82) is 0 Å². The smallest absolute Gasteiger partial charge is 0.242 e. The molecule has 2 amide bonds. The average Bonchev–Trinajstić information content (AvgIpc) is 2.36. The zero-order valence-corrected chi connectivity index (χ0v) is 11.4. The molecule has 0 aliphatic carbocycles. The van der Waals surface area contributed by atoms with Crippen LogP contribution in [0.15, 0.2) is 0 Å². The molecule has 0 bridgehead atoms. The van der Waals surface area contributed by atoms with Crippen LogP contribution in [0.1, 0.15) is 39.5 Å². The van der Waals surface area contributed by atoms with Crippen LogP contribution in [0.2, 0.25) is 0 Å². The van der Waals surface area contributed by atoms with Gasteiger partial charge < -0.3 is 16.0 Å². The molecule has 0 spiro atoms. The van der Waals surface area contributed by atoms with Crippen molar-refractivity contribution in [2.75, 3.05) is 19.6 Å². The molecule has 2 atom stereocenters. The minimum Gasteiger partial charge on any atom is -0.347 e. The van der Waals surface area contributed by atoms with Gasteiger partial charge in [0.15, 0.2) is 0 Å². The predicted octanol–water partition coefficient (Wildman–Crippen LogP) is 0.489. The van der Waals surface area contributed by atoms with Crippen LogP contribution < -0.4 is 11.1 Å². The lowest BCUT2D eigenvalue weighted by Crippen LogP contribution is -2.52. The van der Waals surface area contributed by atoms with Gasteiger partial charge in [0.2, 0.25) is 11.8 Å². The first-order valence-electron chi connectivity index (χ1n) is 6.84. The summed E-state index contributed by atoms with van der Waals surface area (Å²) < 4.78 is 0. The van der Waals surface area contributed by atoms with Gasteiger partial charge in [0.05, 0.1) is 6.54 Å². The number of likely N-dealkylation sites (tertiary alicyclic amines) is 1. The zero-order chi connectivity index (χ0) is 13.5. The Hall–Kier alpha value is -1.10. The SMILES string of the molecule is CCCC(=O)NCC(=O)N1CCC(C)CC1CN. The van der Waals surface area contributed by atoms with Crippen molar-refractivity contribution in [3.63, 3.8) is 0 Å². The van der Waals surface area contributed by atoms with Crippen LogP contribution in [0.5, 0.6) is 0 Å². The average molecular weight is 255 g/mol. The van der Waals surface area contributed by atoms with E-state index >= 15 is 0 Å². The van der Waals surface area contributed by atoms with E-state index in [1.54, 1.807) is 0 Å². The van der Waals surface area contributed by atoms with Gasteiger partial charge in [-0.1, -0.05) is 13.8 Å². The molecule has 1 aliphatic heterocycles. The third-order valence-electron chi connectivity index (χ3n) is 3.48. The Balaban J connectivity index is 2.42. The summed E-state index contributed by atoms with van der Waals surface area (Å²) in [6.45, 7) is 5.49. The molecule has 3 N–H and O–H groups in total. The molecule has 2 unspecified atom stereocenters. The molecule has 5 nitrogen and oxygen atoms in total. The standard InChI is InChI=1S/C13H25N3O2/c1-3-4-12(17)15-9-13(18)16-6-5-10(2)7-11(16)8-14/h10-11H,3-9,14H2,1-2H3,(H,15,17). The summed E-state index contributed by atoms with van der Waals surface area (Å²) in [6.07, 6.45) is 3.26. The van der Waals surface area contributed by atoms with Crippen molar-refractivity contribution in [2.45, 2.75) is 45.6 Å². The van der Waals surface area contributed by atoms with Gasteiger partial charge in [-0.3, -0.25) is 9.59 Å². The number of rotatable bonds is 5. The highest BCUT2D eigenvalue weighted by atomic mass is 16.2. The van der Waals surface area contributed by atoms with Crippen LogP contribution in [0.3, 0.4) is 0 Å². The lowest BCUT2D eigenvalue weighted by molar-refractivity contribution is -0.136. The van der Waals surface area contributed by atoms with Crippen molar-refractivity contribution in [2.24, 2.45) is 11.7 Å². The van der Waals surface area contributed by atoms with Gasteiger partial charge in [-0.25, -0.2) is 0 Å². The maximum absolute atomic E-state index is 12.0. The minimum atomic E-state index is -0.0551. The maximum atomic E-state index is 12.0. The van der Waals surface area contributed by atoms with E-state index in [-0.39, 0.29) is 24.4 Å². The predicted molar refractivity (Wildman–Crippen MR) is 70.9 cm³/mol. The Morgan fingerprint density at radius 3 is 2.78 bits per heavy atom. The fourth-order valence-corrected chi connectivity index (χ4v) is 2.39. The van der Waals surface area contributed by atoms with E-state index < -0.39 is 0 Å². The summed E-state index contributed by atoms with van der Waals surface area (Å²) >= 11 is 0. The number of carbonyl (C=O) groups is 2. The Labute approximate surface area is 109 Å². The summed E-state index contributed by atoms with van der Waals surface area (Å²) in [5, 5.41) is 2.67. The summed E-state index contributed by atoms with van der Waals surface area (Å²) in [5.41, 5.74) is 5.72. The number of nitrogens with one attached hydrogen (secondary N) is 1. The molecule has 0 saturated carbocycles. The van der Waals surface area contributed by atoms with Crippen LogP contribution >= 0.6 is 0 Å². The molecule has 1 fully saturated rings. The Morgan fingerprint density at radius 2 is 2.17 bits per heavy atom. The number of nitrogens with zero attached hydrogens (tertiary/aromatic N) is 1. The molecular weight excluding hydrogens is 230 g/mol. The second-order valence-electron chi connectivity index (χ2n) is 5.13. The molecule has 18 heavy (non-hydrogen) atoms. The lowest BCUT2D eigenvalue weighted by Gasteiger charge is -2.38. The van der Waals surface area contributed by atoms with Gasteiger partial charge in [-0.05, 0) is 25.2 Å². The summed E-state index contributed by atoms with van der Waals surface area (Å²) in [5.74, 6) is 0.555. The normalized spacial score (nSPS) is 23.8. The number of amides is 2. The van der Waals surface area contributed by atoms with Crippen molar-refractivity contribution in [1.82, 2.24) is 10.2 Å². The topological polar surface area (TPSA) is 75.4 Å². The fraction of sp³-hybridized carbons (Fsp3) is 0.846. The molecule has 0 aromatic rings. The number of carbonyl (C=O) groups excluding carboxylic acids is 2. The van der Waals surface area contributed by atoms with E-state index in [1.165, 1.54) is 0 Å². The van der Waals surface area contributed by atoms with Gasteiger partial charge in [0, 0.05) is 25.6 Å². The third kappa shape index (κ3) is 4.29. The Bertz CT molecular complexity index is 294. The molecule has 1 saturated heterocycles.